The van der Waals surface area contributed by atoms with E-state index in [1.54, 1.807) is 6.20 Å². The van der Waals surface area contributed by atoms with Crippen LogP contribution in [-0.4, -0.2) is 28.5 Å². The van der Waals surface area contributed by atoms with Gasteiger partial charge in [0.15, 0.2) is 0 Å². The summed E-state index contributed by atoms with van der Waals surface area (Å²) < 4.78 is 6.21. The van der Waals surface area contributed by atoms with Gasteiger partial charge in [0, 0.05) is 18.2 Å². The Morgan fingerprint density at radius 3 is 2.93 bits per heavy atom. The van der Waals surface area contributed by atoms with Gasteiger partial charge in [0.25, 0.3) is 5.91 Å². The lowest BCUT2D eigenvalue weighted by molar-refractivity contribution is 0.0937. The standard InChI is InChI=1S/C21H21N3O2S/c1-12-7-8-27-20(12)21(25)23-11-16-9-15-5-4-6-17(19(15)26-16)18-14(3)22-10-13(2)24-18/h4-8,10,16H,9,11H2,1-3H3,(H,23,25). The number of nitrogens with one attached hydrogen (secondary N) is 1. The van der Waals surface area contributed by atoms with Crippen molar-refractivity contribution in [1.82, 2.24) is 15.3 Å². The minimum absolute atomic E-state index is 0.0392. The average Bonchev–Trinajstić information content (AvgIpc) is 3.27. The Bertz CT molecular complexity index is 1010. The first-order valence-electron chi connectivity index (χ1n) is 8.94. The number of thiophene rings is 1. The number of aryl methyl sites for hydroxylation is 3. The summed E-state index contributed by atoms with van der Waals surface area (Å²) in [6.07, 6.45) is 2.46. The van der Waals surface area contributed by atoms with Crippen molar-refractivity contribution in [2.75, 3.05) is 6.54 Å². The Morgan fingerprint density at radius 1 is 1.30 bits per heavy atom. The van der Waals surface area contributed by atoms with Crippen LogP contribution >= 0.6 is 11.3 Å². The molecule has 138 valence electrons. The van der Waals surface area contributed by atoms with Gasteiger partial charge in [0.1, 0.15) is 11.9 Å². The molecule has 2 aromatic heterocycles. The van der Waals surface area contributed by atoms with Crippen molar-refractivity contribution in [3.8, 4) is 17.0 Å². The molecule has 1 unspecified atom stereocenters. The summed E-state index contributed by atoms with van der Waals surface area (Å²) >= 11 is 1.46. The molecule has 1 aliphatic rings. The van der Waals surface area contributed by atoms with Crippen LogP contribution in [0.5, 0.6) is 5.75 Å². The van der Waals surface area contributed by atoms with Crippen LogP contribution in [0.25, 0.3) is 11.3 Å². The minimum Gasteiger partial charge on any atom is -0.487 e. The number of carbonyl (C=O) groups excluding carboxylic acids is 1. The van der Waals surface area contributed by atoms with Crippen molar-refractivity contribution in [1.29, 1.82) is 0 Å². The average molecular weight is 379 g/mol. The molecular weight excluding hydrogens is 358 g/mol. The molecule has 0 aliphatic carbocycles. The first-order chi connectivity index (χ1) is 13.0. The van der Waals surface area contributed by atoms with Crippen LogP contribution in [-0.2, 0) is 6.42 Å². The van der Waals surface area contributed by atoms with Gasteiger partial charge in [0.05, 0.1) is 28.5 Å². The highest BCUT2D eigenvalue weighted by molar-refractivity contribution is 7.12. The van der Waals surface area contributed by atoms with Gasteiger partial charge >= 0.3 is 0 Å². The summed E-state index contributed by atoms with van der Waals surface area (Å²) in [6, 6.07) is 8.07. The van der Waals surface area contributed by atoms with Crippen LogP contribution < -0.4 is 10.1 Å². The predicted octanol–water partition coefficient (Wildman–Crippen LogP) is 3.86. The summed E-state index contributed by atoms with van der Waals surface area (Å²) in [5.41, 5.74) is 5.71. The highest BCUT2D eigenvalue weighted by Gasteiger charge is 2.27. The van der Waals surface area contributed by atoms with Crippen molar-refractivity contribution in [2.24, 2.45) is 0 Å². The molecule has 0 fully saturated rings. The summed E-state index contributed by atoms with van der Waals surface area (Å²) in [5.74, 6) is 0.815. The van der Waals surface area contributed by atoms with E-state index in [0.29, 0.717) is 6.54 Å². The minimum atomic E-state index is -0.0801. The van der Waals surface area contributed by atoms with Crippen molar-refractivity contribution in [3.63, 3.8) is 0 Å². The van der Waals surface area contributed by atoms with Crippen LogP contribution in [0.1, 0.15) is 32.2 Å². The van der Waals surface area contributed by atoms with Crippen LogP contribution in [0.4, 0.5) is 0 Å². The van der Waals surface area contributed by atoms with Gasteiger partial charge in [-0.3, -0.25) is 9.78 Å². The van der Waals surface area contributed by atoms with Gasteiger partial charge in [-0.1, -0.05) is 12.1 Å². The van der Waals surface area contributed by atoms with Gasteiger partial charge in [-0.15, -0.1) is 11.3 Å². The zero-order valence-corrected chi connectivity index (χ0v) is 16.4. The molecule has 1 atom stereocenters. The maximum Gasteiger partial charge on any atom is 0.261 e. The molecule has 3 aromatic rings. The van der Waals surface area contributed by atoms with E-state index in [1.807, 2.05) is 44.4 Å². The fourth-order valence-corrected chi connectivity index (χ4v) is 4.16. The molecule has 3 heterocycles. The number of hydrogen-bond donors (Lipinski definition) is 1. The van der Waals surface area contributed by atoms with Crippen molar-refractivity contribution < 1.29 is 9.53 Å². The Kier molecular flexibility index (Phi) is 4.66. The van der Waals surface area contributed by atoms with Crippen molar-refractivity contribution >= 4 is 17.2 Å². The molecule has 4 rings (SSSR count). The second-order valence-corrected chi connectivity index (χ2v) is 7.74. The summed E-state index contributed by atoms with van der Waals surface area (Å²) in [4.78, 5) is 22.2. The molecule has 1 N–H and O–H groups in total. The summed E-state index contributed by atoms with van der Waals surface area (Å²) in [5, 5.41) is 4.94. The molecular formula is C21H21N3O2S. The van der Waals surface area contributed by atoms with E-state index in [0.717, 1.165) is 50.8 Å². The largest absolute Gasteiger partial charge is 0.487 e. The highest BCUT2D eigenvalue weighted by atomic mass is 32.1. The molecule has 6 heteroatoms. The summed E-state index contributed by atoms with van der Waals surface area (Å²) in [7, 11) is 0. The van der Waals surface area contributed by atoms with E-state index in [1.165, 1.54) is 11.3 Å². The van der Waals surface area contributed by atoms with Crippen molar-refractivity contribution in [3.05, 3.63) is 63.2 Å². The third-order valence-corrected chi connectivity index (χ3v) is 5.73. The second-order valence-electron chi connectivity index (χ2n) is 6.83. The topological polar surface area (TPSA) is 64.1 Å². The number of amides is 1. The lowest BCUT2D eigenvalue weighted by Crippen LogP contribution is -2.34. The van der Waals surface area contributed by atoms with Gasteiger partial charge in [-0.2, -0.15) is 0 Å². The number of hydrogen-bond acceptors (Lipinski definition) is 5. The molecule has 1 amide bonds. The normalized spacial score (nSPS) is 15.3. The zero-order valence-electron chi connectivity index (χ0n) is 15.6. The third-order valence-electron chi connectivity index (χ3n) is 4.72. The van der Waals surface area contributed by atoms with Crippen LogP contribution in [0.3, 0.4) is 0 Å². The van der Waals surface area contributed by atoms with E-state index in [-0.39, 0.29) is 12.0 Å². The second kappa shape index (κ2) is 7.12. The Labute approximate surface area is 162 Å². The predicted molar refractivity (Wildman–Crippen MR) is 106 cm³/mol. The molecule has 0 radical (unpaired) electrons. The van der Waals surface area contributed by atoms with Gasteiger partial charge in [-0.05, 0) is 49.4 Å². The fourth-order valence-electron chi connectivity index (χ4n) is 3.32. The Hall–Kier alpha value is -2.73. The number of benzene rings is 1. The summed E-state index contributed by atoms with van der Waals surface area (Å²) in [6.45, 7) is 6.32. The van der Waals surface area contributed by atoms with Gasteiger partial charge in [0.2, 0.25) is 0 Å². The Morgan fingerprint density at radius 2 is 2.15 bits per heavy atom. The van der Waals surface area contributed by atoms with Gasteiger partial charge < -0.3 is 10.1 Å². The smallest absolute Gasteiger partial charge is 0.261 e. The van der Waals surface area contributed by atoms with Crippen LogP contribution in [0.2, 0.25) is 0 Å². The lowest BCUT2D eigenvalue weighted by atomic mass is 10.0. The number of carbonyl (C=O) groups is 1. The third kappa shape index (κ3) is 3.45. The van der Waals surface area contributed by atoms with E-state index in [2.05, 4.69) is 21.4 Å². The molecule has 5 nitrogen and oxygen atoms in total. The van der Waals surface area contributed by atoms with E-state index in [4.69, 9.17) is 4.74 Å². The molecule has 0 saturated carbocycles. The van der Waals surface area contributed by atoms with E-state index < -0.39 is 0 Å². The molecule has 27 heavy (non-hydrogen) atoms. The number of aromatic nitrogens is 2. The quantitative estimate of drug-likeness (QED) is 0.748. The number of rotatable bonds is 4. The number of para-hydroxylation sites is 1. The SMILES string of the molecule is Cc1cnc(C)c(-c2cccc3c2OC(CNC(=O)c2sccc2C)C3)n1. The lowest BCUT2D eigenvalue weighted by Gasteiger charge is -2.14. The number of fused-ring (bicyclic) bond motifs is 1. The van der Waals surface area contributed by atoms with Crippen LogP contribution in [0.15, 0.2) is 35.8 Å². The molecule has 0 saturated heterocycles. The van der Waals surface area contributed by atoms with E-state index in [9.17, 15) is 4.79 Å². The molecule has 0 bridgehead atoms. The first-order valence-corrected chi connectivity index (χ1v) is 9.82. The molecule has 1 aromatic carbocycles. The first kappa shape index (κ1) is 17.7. The molecule has 1 aliphatic heterocycles. The van der Waals surface area contributed by atoms with Gasteiger partial charge in [-0.25, -0.2) is 4.98 Å². The number of ether oxygens (including phenoxy) is 1. The maximum absolute atomic E-state index is 12.4. The van der Waals surface area contributed by atoms with Crippen molar-refractivity contribution in [2.45, 2.75) is 33.3 Å². The fraction of sp³-hybridized carbons (Fsp3) is 0.286. The molecule has 0 spiro atoms. The maximum atomic E-state index is 12.4. The van der Waals surface area contributed by atoms with E-state index >= 15 is 0 Å². The monoisotopic (exact) mass is 379 g/mol. The Balaban J connectivity index is 1.52. The highest BCUT2D eigenvalue weighted by Crippen LogP contribution is 2.38. The van der Waals surface area contributed by atoms with Crippen LogP contribution in [0, 0.1) is 20.8 Å². The number of nitrogens with zero attached hydrogens (tertiary/aromatic N) is 2. The zero-order chi connectivity index (χ0) is 19.0.